The number of rotatable bonds is 2. The maximum absolute atomic E-state index is 9.63. The zero-order valence-electron chi connectivity index (χ0n) is 11.2. The van der Waals surface area contributed by atoms with E-state index in [1.165, 1.54) is 11.9 Å². The SMILES string of the molecule is CCc1cn(C2CCC(O)CC2)c2ncnc(N)c12. The molecule has 2 aromatic rings. The molecule has 1 aliphatic rings. The maximum Gasteiger partial charge on any atom is 0.146 e. The number of hydrogen-bond acceptors (Lipinski definition) is 4. The van der Waals surface area contributed by atoms with Crippen LogP contribution in [0, 0.1) is 0 Å². The quantitative estimate of drug-likeness (QED) is 0.866. The second-order valence-corrected chi connectivity index (χ2v) is 5.34. The van der Waals surface area contributed by atoms with Gasteiger partial charge in [0.1, 0.15) is 17.8 Å². The number of aliphatic hydroxyl groups excluding tert-OH is 1. The Morgan fingerprint density at radius 3 is 2.74 bits per heavy atom. The number of nitrogens with zero attached hydrogens (tertiary/aromatic N) is 3. The van der Waals surface area contributed by atoms with E-state index < -0.39 is 0 Å². The molecule has 102 valence electrons. The molecule has 0 radical (unpaired) electrons. The lowest BCUT2D eigenvalue weighted by Crippen LogP contribution is -2.20. The average molecular weight is 260 g/mol. The van der Waals surface area contributed by atoms with E-state index >= 15 is 0 Å². The number of fused-ring (bicyclic) bond motifs is 1. The van der Waals surface area contributed by atoms with E-state index in [2.05, 4.69) is 27.7 Å². The van der Waals surface area contributed by atoms with Gasteiger partial charge in [0.2, 0.25) is 0 Å². The van der Waals surface area contributed by atoms with Crippen molar-refractivity contribution >= 4 is 16.9 Å². The molecule has 0 unspecified atom stereocenters. The number of hydrogen-bond donors (Lipinski definition) is 2. The van der Waals surface area contributed by atoms with Gasteiger partial charge in [0.05, 0.1) is 11.5 Å². The fraction of sp³-hybridized carbons (Fsp3) is 0.571. The van der Waals surface area contributed by atoms with Crippen molar-refractivity contribution in [2.24, 2.45) is 0 Å². The Morgan fingerprint density at radius 1 is 1.32 bits per heavy atom. The highest BCUT2D eigenvalue weighted by molar-refractivity contribution is 5.89. The standard InChI is InChI=1S/C14H20N4O/c1-2-9-7-18(10-3-5-11(19)6-4-10)14-12(9)13(15)16-8-17-14/h7-8,10-11,19H,2-6H2,1H3,(H2,15,16,17). The van der Waals surface area contributed by atoms with Crippen LogP contribution in [0.25, 0.3) is 11.0 Å². The molecule has 0 aliphatic heterocycles. The highest BCUT2D eigenvalue weighted by atomic mass is 16.3. The molecule has 0 bridgehead atoms. The first-order valence-electron chi connectivity index (χ1n) is 6.98. The Balaban J connectivity index is 2.06. The van der Waals surface area contributed by atoms with E-state index in [9.17, 15) is 5.11 Å². The Labute approximate surface area is 112 Å². The van der Waals surface area contributed by atoms with Gasteiger partial charge < -0.3 is 15.4 Å². The van der Waals surface area contributed by atoms with Gasteiger partial charge in [0.25, 0.3) is 0 Å². The van der Waals surface area contributed by atoms with Gasteiger partial charge in [-0.25, -0.2) is 9.97 Å². The minimum absolute atomic E-state index is 0.136. The van der Waals surface area contributed by atoms with E-state index in [1.807, 2.05) is 0 Å². The van der Waals surface area contributed by atoms with Crippen LogP contribution >= 0.6 is 0 Å². The molecule has 1 fully saturated rings. The van der Waals surface area contributed by atoms with Crippen LogP contribution in [0.3, 0.4) is 0 Å². The molecule has 3 rings (SSSR count). The smallest absolute Gasteiger partial charge is 0.146 e. The Hall–Kier alpha value is -1.62. The summed E-state index contributed by atoms with van der Waals surface area (Å²) >= 11 is 0. The molecule has 5 nitrogen and oxygen atoms in total. The molecule has 2 aromatic heterocycles. The predicted molar refractivity (Wildman–Crippen MR) is 74.8 cm³/mol. The maximum atomic E-state index is 9.63. The number of aromatic nitrogens is 3. The lowest BCUT2D eigenvalue weighted by Gasteiger charge is -2.27. The summed E-state index contributed by atoms with van der Waals surface area (Å²) in [7, 11) is 0. The van der Waals surface area contributed by atoms with Gasteiger partial charge in [0, 0.05) is 12.2 Å². The van der Waals surface area contributed by atoms with Gasteiger partial charge in [-0.3, -0.25) is 0 Å². The highest BCUT2D eigenvalue weighted by Gasteiger charge is 2.23. The van der Waals surface area contributed by atoms with E-state index in [0.717, 1.165) is 43.1 Å². The van der Waals surface area contributed by atoms with Crippen molar-refractivity contribution in [3.8, 4) is 0 Å². The number of aliphatic hydroxyl groups is 1. The van der Waals surface area contributed by atoms with Crippen LogP contribution in [-0.2, 0) is 6.42 Å². The third-order valence-corrected chi connectivity index (χ3v) is 4.16. The molecule has 1 aliphatic carbocycles. The predicted octanol–water partition coefficient (Wildman–Crippen LogP) is 2.05. The number of anilines is 1. The summed E-state index contributed by atoms with van der Waals surface area (Å²) in [6, 6.07) is 0.417. The molecule has 0 aromatic carbocycles. The minimum Gasteiger partial charge on any atom is -0.393 e. The summed E-state index contributed by atoms with van der Waals surface area (Å²) in [5, 5.41) is 10.6. The lowest BCUT2D eigenvalue weighted by molar-refractivity contribution is 0.111. The highest BCUT2D eigenvalue weighted by Crippen LogP contribution is 2.34. The van der Waals surface area contributed by atoms with Crippen molar-refractivity contribution in [2.75, 3.05) is 5.73 Å². The first-order chi connectivity index (χ1) is 9.20. The van der Waals surface area contributed by atoms with Crippen molar-refractivity contribution in [1.29, 1.82) is 0 Å². The normalized spacial score (nSPS) is 23.9. The first-order valence-corrected chi connectivity index (χ1v) is 6.98. The van der Waals surface area contributed by atoms with Crippen LogP contribution < -0.4 is 5.73 Å². The molecule has 2 heterocycles. The van der Waals surface area contributed by atoms with Gasteiger partial charge in [-0.05, 0) is 37.7 Å². The monoisotopic (exact) mass is 260 g/mol. The summed E-state index contributed by atoms with van der Waals surface area (Å²) in [6.45, 7) is 2.12. The summed E-state index contributed by atoms with van der Waals surface area (Å²) in [5.74, 6) is 0.566. The van der Waals surface area contributed by atoms with Crippen molar-refractivity contribution in [3.63, 3.8) is 0 Å². The molecular weight excluding hydrogens is 240 g/mol. The third kappa shape index (κ3) is 2.08. The number of nitrogen functional groups attached to an aromatic ring is 1. The average Bonchev–Trinajstić information content (AvgIpc) is 2.80. The Kier molecular flexibility index (Phi) is 3.14. The molecule has 5 heteroatoms. The van der Waals surface area contributed by atoms with Gasteiger partial charge in [-0.2, -0.15) is 0 Å². The van der Waals surface area contributed by atoms with Gasteiger partial charge in [0.15, 0.2) is 0 Å². The molecular formula is C14H20N4O. The Bertz CT molecular complexity index is 584. The van der Waals surface area contributed by atoms with E-state index in [1.54, 1.807) is 0 Å². The topological polar surface area (TPSA) is 77.0 Å². The van der Waals surface area contributed by atoms with Gasteiger partial charge >= 0.3 is 0 Å². The third-order valence-electron chi connectivity index (χ3n) is 4.16. The molecule has 19 heavy (non-hydrogen) atoms. The summed E-state index contributed by atoms with van der Waals surface area (Å²) in [6.07, 6.45) is 8.22. The van der Waals surface area contributed by atoms with Gasteiger partial charge in [-0.1, -0.05) is 6.92 Å². The largest absolute Gasteiger partial charge is 0.393 e. The zero-order chi connectivity index (χ0) is 13.4. The fourth-order valence-corrected chi connectivity index (χ4v) is 3.07. The summed E-state index contributed by atoms with van der Waals surface area (Å²) in [4.78, 5) is 8.51. The van der Waals surface area contributed by atoms with Crippen LogP contribution in [-0.4, -0.2) is 25.7 Å². The van der Waals surface area contributed by atoms with E-state index in [4.69, 9.17) is 5.73 Å². The van der Waals surface area contributed by atoms with Crippen molar-refractivity contribution in [1.82, 2.24) is 14.5 Å². The second kappa shape index (κ2) is 4.81. The fourth-order valence-electron chi connectivity index (χ4n) is 3.07. The van der Waals surface area contributed by atoms with Crippen LogP contribution in [0.5, 0.6) is 0 Å². The lowest BCUT2D eigenvalue weighted by atomic mass is 9.93. The zero-order valence-corrected chi connectivity index (χ0v) is 11.2. The number of nitrogens with two attached hydrogens (primary N) is 1. The van der Waals surface area contributed by atoms with Crippen LogP contribution in [0.2, 0.25) is 0 Å². The Morgan fingerprint density at radius 2 is 2.05 bits per heavy atom. The molecule has 3 N–H and O–H groups in total. The van der Waals surface area contributed by atoms with Gasteiger partial charge in [-0.15, -0.1) is 0 Å². The second-order valence-electron chi connectivity index (χ2n) is 5.34. The van der Waals surface area contributed by atoms with E-state index in [-0.39, 0.29) is 6.10 Å². The number of aryl methyl sites for hydroxylation is 1. The van der Waals surface area contributed by atoms with Crippen molar-refractivity contribution < 1.29 is 5.11 Å². The molecule has 0 saturated heterocycles. The van der Waals surface area contributed by atoms with Crippen molar-refractivity contribution in [2.45, 2.75) is 51.2 Å². The molecule has 0 amide bonds. The van der Waals surface area contributed by atoms with Crippen LogP contribution in [0.15, 0.2) is 12.5 Å². The summed E-state index contributed by atoms with van der Waals surface area (Å²) in [5.41, 5.74) is 8.14. The van der Waals surface area contributed by atoms with E-state index in [0.29, 0.717) is 11.9 Å². The van der Waals surface area contributed by atoms with Crippen molar-refractivity contribution in [3.05, 3.63) is 18.1 Å². The molecule has 1 saturated carbocycles. The molecule has 0 atom stereocenters. The minimum atomic E-state index is -0.136. The van der Waals surface area contributed by atoms with Crippen LogP contribution in [0.1, 0.15) is 44.2 Å². The van der Waals surface area contributed by atoms with Crippen LogP contribution in [0.4, 0.5) is 5.82 Å². The first kappa shape index (κ1) is 12.4. The summed E-state index contributed by atoms with van der Waals surface area (Å²) < 4.78 is 2.23. The molecule has 0 spiro atoms.